The lowest BCUT2D eigenvalue weighted by Gasteiger charge is -2.27. The Kier molecular flexibility index (Phi) is 4.11. The lowest BCUT2D eigenvalue weighted by atomic mass is 9.84. The summed E-state index contributed by atoms with van der Waals surface area (Å²) in [6.45, 7) is 4.14. The first-order chi connectivity index (χ1) is 6.69. The molecule has 0 aromatic heterocycles. The minimum absolute atomic E-state index is 0.0641. The van der Waals surface area contributed by atoms with Crippen LogP contribution in [0.4, 0.5) is 0 Å². The van der Waals surface area contributed by atoms with Crippen LogP contribution in [0.1, 0.15) is 46.0 Å². The second kappa shape index (κ2) is 5.13. The normalized spacial score (nSPS) is 27.6. The van der Waals surface area contributed by atoms with E-state index in [0.717, 1.165) is 32.1 Å². The van der Waals surface area contributed by atoms with Crippen LogP contribution in [0.2, 0.25) is 0 Å². The molecule has 1 N–H and O–H groups in total. The predicted octanol–water partition coefficient (Wildman–Crippen LogP) is 1.87. The SMILES string of the molecule is CCCC1CC(CCC)C(=O)NC1=O. The highest BCUT2D eigenvalue weighted by molar-refractivity contribution is 5.99. The van der Waals surface area contributed by atoms with Crippen molar-refractivity contribution < 1.29 is 9.59 Å². The van der Waals surface area contributed by atoms with Gasteiger partial charge >= 0.3 is 0 Å². The van der Waals surface area contributed by atoms with Crippen molar-refractivity contribution in [3.8, 4) is 0 Å². The number of nitrogens with one attached hydrogen (secondary N) is 1. The molecule has 80 valence electrons. The number of hydrogen-bond donors (Lipinski definition) is 1. The maximum Gasteiger partial charge on any atom is 0.229 e. The van der Waals surface area contributed by atoms with Gasteiger partial charge in [0.25, 0.3) is 0 Å². The van der Waals surface area contributed by atoms with E-state index in [9.17, 15) is 9.59 Å². The van der Waals surface area contributed by atoms with E-state index in [4.69, 9.17) is 0 Å². The molecule has 1 rings (SSSR count). The molecule has 2 unspecified atom stereocenters. The molecule has 0 saturated carbocycles. The number of carbonyl (C=O) groups excluding carboxylic acids is 2. The summed E-state index contributed by atoms with van der Waals surface area (Å²) in [7, 11) is 0. The molecule has 0 bridgehead atoms. The molecule has 0 aliphatic carbocycles. The van der Waals surface area contributed by atoms with E-state index < -0.39 is 0 Å². The fraction of sp³-hybridized carbons (Fsp3) is 0.818. The van der Waals surface area contributed by atoms with Gasteiger partial charge in [0.1, 0.15) is 0 Å². The molecule has 1 saturated heterocycles. The third kappa shape index (κ3) is 2.56. The highest BCUT2D eigenvalue weighted by Crippen LogP contribution is 2.25. The third-order valence-corrected chi connectivity index (χ3v) is 2.83. The first-order valence-electron chi connectivity index (χ1n) is 5.53. The summed E-state index contributed by atoms with van der Waals surface area (Å²) in [5, 5.41) is 2.47. The summed E-state index contributed by atoms with van der Waals surface area (Å²) >= 11 is 0. The van der Waals surface area contributed by atoms with Crippen molar-refractivity contribution in [3.63, 3.8) is 0 Å². The molecule has 0 spiro atoms. The Morgan fingerprint density at radius 3 is 1.86 bits per heavy atom. The molecular weight excluding hydrogens is 178 g/mol. The zero-order chi connectivity index (χ0) is 10.6. The molecule has 0 radical (unpaired) electrons. The molecule has 0 aromatic rings. The van der Waals surface area contributed by atoms with Crippen LogP contribution >= 0.6 is 0 Å². The largest absolute Gasteiger partial charge is 0.296 e. The first kappa shape index (κ1) is 11.2. The molecule has 1 aliphatic rings. The number of imide groups is 1. The average molecular weight is 197 g/mol. The highest BCUT2D eigenvalue weighted by Gasteiger charge is 2.32. The lowest BCUT2D eigenvalue weighted by Crippen LogP contribution is -2.46. The first-order valence-corrected chi connectivity index (χ1v) is 5.53. The van der Waals surface area contributed by atoms with E-state index in [1.165, 1.54) is 0 Å². The molecule has 1 aliphatic heterocycles. The molecule has 3 heteroatoms. The second-order valence-corrected chi connectivity index (χ2v) is 4.06. The van der Waals surface area contributed by atoms with E-state index in [2.05, 4.69) is 19.2 Å². The van der Waals surface area contributed by atoms with E-state index in [1.54, 1.807) is 0 Å². The van der Waals surface area contributed by atoms with E-state index in [0.29, 0.717) is 0 Å². The van der Waals surface area contributed by atoms with Crippen LogP contribution in [0.15, 0.2) is 0 Å². The molecule has 0 aromatic carbocycles. The van der Waals surface area contributed by atoms with Crippen LogP contribution in [0, 0.1) is 11.8 Å². The number of rotatable bonds is 4. The van der Waals surface area contributed by atoms with Crippen molar-refractivity contribution >= 4 is 11.8 Å². The quantitative estimate of drug-likeness (QED) is 0.699. The van der Waals surface area contributed by atoms with Crippen LogP contribution in [0.25, 0.3) is 0 Å². The van der Waals surface area contributed by atoms with Crippen LogP contribution in [-0.2, 0) is 9.59 Å². The van der Waals surface area contributed by atoms with E-state index in [1.807, 2.05) is 0 Å². The monoisotopic (exact) mass is 197 g/mol. The van der Waals surface area contributed by atoms with Gasteiger partial charge in [-0.15, -0.1) is 0 Å². The number of hydrogen-bond acceptors (Lipinski definition) is 2. The Hall–Kier alpha value is -0.860. The van der Waals surface area contributed by atoms with Crippen LogP contribution in [-0.4, -0.2) is 11.8 Å². The molecule has 14 heavy (non-hydrogen) atoms. The van der Waals surface area contributed by atoms with Gasteiger partial charge < -0.3 is 0 Å². The van der Waals surface area contributed by atoms with Gasteiger partial charge in [-0.05, 0) is 19.3 Å². The second-order valence-electron chi connectivity index (χ2n) is 4.06. The number of amides is 2. The van der Waals surface area contributed by atoms with Gasteiger partial charge in [0, 0.05) is 11.8 Å². The third-order valence-electron chi connectivity index (χ3n) is 2.83. The standard InChI is InChI=1S/C11H19NO2/c1-3-5-8-7-9(6-4-2)11(14)12-10(8)13/h8-9H,3-7H2,1-2H3,(H,12,13,14). The van der Waals surface area contributed by atoms with Crippen molar-refractivity contribution in [2.45, 2.75) is 46.0 Å². The Balaban J connectivity index is 2.55. The molecule has 2 atom stereocenters. The predicted molar refractivity (Wildman–Crippen MR) is 54.6 cm³/mol. The number of carbonyl (C=O) groups is 2. The molecule has 1 heterocycles. The fourth-order valence-corrected chi connectivity index (χ4v) is 2.08. The van der Waals surface area contributed by atoms with Crippen molar-refractivity contribution in [1.82, 2.24) is 5.32 Å². The van der Waals surface area contributed by atoms with Gasteiger partial charge in [-0.3, -0.25) is 14.9 Å². The van der Waals surface area contributed by atoms with Gasteiger partial charge in [0.2, 0.25) is 11.8 Å². The summed E-state index contributed by atoms with van der Waals surface area (Å²) in [5.41, 5.74) is 0. The van der Waals surface area contributed by atoms with E-state index >= 15 is 0 Å². The maximum absolute atomic E-state index is 11.4. The van der Waals surface area contributed by atoms with Gasteiger partial charge in [-0.25, -0.2) is 0 Å². The molecular formula is C11H19NO2. The smallest absolute Gasteiger partial charge is 0.229 e. The summed E-state index contributed by atoms with van der Waals surface area (Å²) < 4.78 is 0. The van der Waals surface area contributed by atoms with Crippen LogP contribution in [0.5, 0.6) is 0 Å². The lowest BCUT2D eigenvalue weighted by molar-refractivity contribution is -0.140. The summed E-state index contributed by atoms with van der Waals surface area (Å²) in [4.78, 5) is 22.8. The Morgan fingerprint density at radius 2 is 1.50 bits per heavy atom. The summed E-state index contributed by atoms with van der Waals surface area (Å²) in [6.07, 6.45) is 4.57. The summed E-state index contributed by atoms with van der Waals surface area (Å²) in [6, 6.07) is 0. The topological polar surface area (TPSA) is 46.2 Å². The van der Waals surface area contributed by atoms with Crippen LogP contribution < -0.4 is 5.32 Å². The zero-order valence-electron chi connectivity index (χ0n) is 9.01. The molecule has 2 amide bonds. The molecule has 3 nitrogen and oxygen atoms in total. The van der Waals surface area contributed by atoms with Crippen molar-refractivity contribution in [2.75, 3.05) is 0 Å². The van der Waals surface area contributed by atoms with Gasteiger partial charge in [-0.2, -0.15) is 0 Å². The average Bonchev–Trinajstić information content (AvgIpc) is 2.14. The summed E-state index contributed by atoms with van der Waals surface area (Å²) in [5.74, 6) is -0.00286. The van der Waals surface area contributed by atoms with Gasteiger partial charge in [0.15, 0.2) is 0 Å². The minimum Gasteiger partial charge on any atom is -0.296 e. The minimum atomic E-state index is -0.0656. The highest BCUT2D eigenvalue weighted by atomic mass is 16.2. The Morgan fingerprint density at radius 1 is 1.07 bits per heavy atom. The molecule has 1 fully saturated rings. The number of piperidine rings is 1. The van der Waals surface area contributed by atoms with Crippen molar-refractivity contribution in [2.24, 2.45) is 11.8 Å². The van der Waals surface area contributed by atoms with Gasteiger partial charge in [-0.1, -0.05) is 26.7 Å². The van der Waals surface area contributed by atoms with Crippen molar-refractivity contribution in [3.05, 3.63) is 0 Å². The zero-order valence-corrected chi connectivity index (χ0v) is 9.01. The maximum atomic E-state index is 11.4. The van der Waals surface area contributed by atoms with Gasteiger partial charge in [0.05, 0.1) is 0 Å². The van der Waals surface area contributed by atoms with Crippen molar-refractivity contribution in [1.29, 1.82) is 0 Å². The fourth-order valence-electron chi connectivity index (χ4n) is 2.08. The van der Waals surface area contributed by atoms with Crippen LogP contribution in [0.3, 0.4) is 0 Å². The Labute approximate surface area is 85.3 Å². The Bertz CT molecular complexity index is 203. The van der Waals surface area contributed by atoms with E-state index in [-0.39, 0.29) is 23.7 Å².